The van der Waals surface area contributed by atoms with Gasteiger partial charge in [0.15, 0.2) is 0 Å². The van der Waals surface area contributed by atoms with Gasteiger partial charge in [-0.15, -0.1) is 12.4 Å². The van der Waals surface area contributed by atoms with Gasteiger partial charge in [0.05, 0.1) is 12.7 Å². The van der Waals surface area contributed by atoms with Gasteiger partial charge >= 0.3 is 5.97 Å². The van der Waals surface area contributed by atoms with Crippen LogP contribution in [0.5, 0.6) is 0 Å². The summed E-state index contributed by atoms with van der Waals surface area (Å²) >= 11 is 0. The molecule has 1 N–H and O–H groups in total. The summed E-state index contributed by atoms with van der Waals surface area (Å²) in [6.07, 6.45) is 2.47. The molecule has 2 aliphatic rings. The Morgan fingerprint density at radius 1 is 1.41 bits per heavy atom. The van der Waals surface area contributed by atoms with Crippen molar-refractivity contribution in [2.75, 3.05) is 13.7 Å². The first kappa shape index (κ1) is 12.4. The molecule has 3 nitrogen and oxygen atoms in total. The number of carbonyl (C=O) groups excluding carboxylic acids is 1. The Morgan fingerprint density at radius 3 is 2.82 bits per heavy atom. The number of nitrogens with one attached hydrogen (secondary N) is 1. The first-order valence-electron chi connectivity index (χ1n) is 5.68. The molecule has 4 heteroatoms. The third-order valence-corrected chi connectivity index (χ3v) is 3.77. The van der Waals surface area contributed by atoms with Crippen molar-refractivity contribution in [3.63, 3.8) is 0 Å². The van der Waals surface area contributed by atoms with Gasteiger partial charge in [0, 0.05) is 18.5 Å². The summed E-state index contributed by atoms with van der Waals surface area (Å²) in [7, 11) is 1.44. The van der Waals surface area contributed by atoms with Crippen molar-refractivity contribution in [2.24, 2.45) is 0 Å². The lowest BCUT2D eigenvalue weighted by Gasteiger charge is -2.27. The highest BCUT2D eigenvalue weighted by atomic mass is 35.5. The number of hydrogen-bond acceptors (Lipinski definition) is 3. The van der Waals surface area contributed by atoms with E-state index < -0.39 is 0 Å². The molecule has 1 saturated carbocycles. The van der Waals surface area contributed by atoms with E-state index in [1.54, 1.807) is 0 Å². The van der Waals surface area contributed by atoms with Gasteiger partial charge in [-0.05, 0) is 30.0 Å². The van der Waals surface area contributed by atoms with Crippen molar-refractivity contribution in [3.05, 3.63) is 34.9 Å². The molecule has 92 valence electrons. The van der Waals surface area contributed by atoms with Crippen LogP contribution in [0.3, 0.4) is 0 Å². The number of benzene rings is 1. The monoisotopic (exact) mass is 253 g/mol. The highest BCUT2D eigenvalue weighted by Gasteiger charge is 2.47. The molecule has 0 aromatic heterocycles. The lowest BCUT2D eigenvalue weighted by Crippen LogP contribution is -2.34. The van der Waals surface area contributed by atoms with E-state index in [2.05, 4.69) is 11.4 Å². The molecule has 3 rings (SSSR count). The predicted molar refractivity (Wildman–Crippen MR) is 67.6 cm³/mol. The Kier molecular flexibility index (Phi) is 3.15. The first-order chi connectivity index (χ1) is 7.77. The third kappa shape index (κ3) is 1.83. The minimum Gasteiger partial charge on any atom is -0.465 e. The van der Waals surface area contributed by atoms with Crippen LogP contribution in [0.4, 0.5) is 0 Å². The molecule has 1 fully saturated rings. The fourth-order valence-corrected chi connectivity index (χ4v) is 2.69. The van der Waals surface area contributed by atoms with E-state index >= 15 is 0 Å². The number of ether oxygens (including phenoxy) is 1. The number of hydrogen-bond donors (Lipinski definition) is 1. The Balaban J connectivity index is 0.00000108. The average Bonchev–Trinajstić information content (AvgIpc) is 3.09. The molecule has 1 aromatic rings. The first-order valence-corrected chi connectivity index (χ1v) is 5.68. The maximum absolute atomic E-state index is 11.7. The maximum atomic E-state index is 11.7. The van der Waals surface area contributed by atoms with Crippen molar-refractivity contribution in [2.45, 2.75) is 24.8 Å². The summed E-state index contributed by atoms with van der Waals surface area (Å²) in [5.74, 6) is -0.226. The van der Waals surface area contributed by atoms with Gasteiger partial charge in [0.25, 0.3) is 0 Å². The van der Waals surface area contributed by atoms with Crippen LogP contribution in [0.25, 0.3) is 0 Å². The number of rotatable bonds is 1. The van der Waals surface area contributed by atoms with Crippen LogP contribution in [-0.2, 0) is 16.7 Å². The lowest BCUT2D eigenvalue weighted by atomic mass is 9.85. The van der Waals surface area contributed by atoms with Crippen molar-refractivity contribution in [1.82, 2.24) is 5.32 Å². The molecule has 0 amide bonds. The molecule has 1 heterocycles. The molecule has 0 atom stereocenters. The van der Waals surface area contributed by atoms with Crippen LogP contribution >= 0.6 is 12.4 Å². The number of methoxy groups -OCH3 is 1. The van der Waals surface area contributed by atoms with Gasteiger partial charge in [-0.3, -0.25) is 0 Å². The Bertz CT molecular complexity index is 455. The summed E-state index contributed by atoms with van der Waals surface area (Å²) in [6.45, 7) is 1.83. The van der Waals surface area contributed by atoms with Crippen LogP contribution in [0.2, 0.25) is 0 Å². The second-order valence-electron chi connectivity index (χ2n) is 4.71. The Labute approximate surface area is 107 Å². The van der Waals surface area contributed by atoms with Gasteiger partial charge in [0.1, 0.15) is 0 Å². The minimum absolute atomic E-state index is 0. The fraction of sp³-hybridized carbons (Fsp3) is 0.462. The highest BCUT2D eigenvalue weighted by Crippen LogP contribution is 2.50. The summed E-state index contributed by atoms with van der Waals surface area (Å²) in [5.41, 5.74) is 3.53. The average molecular weight is 254 g/mol. The molecule has 0 radical (unpaired) electrons. The van der Waals surface area contributed by atoms with Crippen LogP contribution in [0, 0.1) is 0 Å². The van der Waals surface area contributed by atoms with E-state index in [9.17, 15) is 4.79 Å². The summed E-state index contributed by atoms with van der Waals surface area (Å²) < 4.78 is 4.82. The Hall–Kier alpha value is -1.06. The number of carbonyl (C=O) groups is 1. The van der Waals surface area contributed by atoms with E-state index in [-0.39, 0.29) is 18.4 Å². The second-order valence-corrected chi connectivity index (χ2v) is 4.71. The second kappa shape index (κ2) is 4.31. The molecule has 1 spiro atoms. The SMILES string of the molecule is COC(=O)c1cccc2c1CNCC21CC1.Cl. The summed E-state index contributed by atoms with van der Waals surface area (Å²) in [5, 5.41) is 3.41. The molecule has 0 saturated heterocycles. The van der Waals surface area contributed by atoms with Gasteiger partial charge in [-0.2, -0.15) is 0 Å². The molecule has 17 heavy (non-hydrogen) atoms. The Morgan fingerprint density at radius 2 is 2.18 bits per heavy atom. The van der Waals surface area contributed by atoms with Gasteiger partial charge in [-0.25, -0.2) is 4.79 Å². The normalized spacial score (nSPS) is 19.1. The van der Waals surface area contributed by atoms with Crippen molar-refractivity contribution in [3.8, 4) is 0 Å². The standard InChI is InChI=1S/C13H15NO2.ClH/c1-16-12(15)9-3-2-4-11-10(9)7-14-8-13(11)5-6-13;/h2-4,14H,5-8H2,1H3;1H. The van der Waals surface area contributed by atoms with Gasteiger partial charge < -0.3 is 10.1 Å². The van der Waals surface area contributed by atoms with E-state index in [4.69, 9.17) is 4.74 Å². The topological polar surface area (TPSA) is 38.3 Å². The van der Waals surface area contributed by atoms with E-state index in [0.717, 1.165) is 24.2 Å². The molecule has 1 aliphatic heterocycles. The predicted octanol–water partition coefficient (Wildman–Crippen LogP) is 2.03. The van der Waals surface area contributed by atoms with E-state index in [1.807, 2.05) is 12.1 Å². The smallest absolute Gasteiger partial charge is 0.338 e. The quantitative estimate of drug-likeness (QED) is 0.779. The van der Waals surface area contributed by atoms with Crippen molar-refractivity contribution >= 4 is 18.4 Å². The molecular weight excluding hydrogens is 238 g/mol. The van der Waals surface area contributed by atoms with Crippen LogP contribution in [0.15, 0.2) is 18.2 Å². The molecule has 0 unspecified atom stereocenters. The number of esters is 1. The zero-order valence-electron chi connectivity index (χ0n) is 9.79. The summed E-state index contributed by atoms with van der Waals surface area (Å²) in [6, 6.07) is 5.99. The fourth-order valence-electron chi connectivity index (χ4n) is 2.69. The van der Waals surface area contributed by atoms with Gasteiger partial charge in [-0.1, -0.05) is 12.1 Å². The largest absolute Gasteiger partial charge is 0.465 e. The van der Waals surface area contributed by atoms with E-state index in [1.165, 1.54) is 25.5 Å². The van der Waals surface area contributed by atoms with Crippen molar-refractivity contribution in [1.29, 1.82) is 0 Å². The van der Waals surface area contributed by atoms with Crippen LogP contribution in [-0.4, -0.2) is 19.6 Å². The molecular formula is C13H16ClNO2. The van der Waals surface area contributed by atoms with Crippen LogP contribution in [0.1, 0.15) is 34.3 Å². The van der Waals surface area contributed by atoms with Crippen LogP contribution < -0.4 is 5.32 Å². The zero-order chi connectivity index (χ0) is 11.2. The van der Waals surface area contributed by atoms with Crippen molar-refractivity contribution < 1.29 is 9.53 Å². The maximum Gasteiger partial charge on any atom is 0.338 e. The van der Waals surface area contributed by atoms with Gasteiger partial charge in [0.2, 0.25) is 0 Å². The molecule has 0 bridgehead atoms. The van der Waals surface area contributed by atoms with E-state index in [0.29, 0.717) is 5.41 Å². The minimum atomic E-state index is -0.226. The third-order valence-electron chi connectivity index (χ3n) is 3.77. The highest BCUT2D eigenvalue weighted by molar-refractivity contribution is 5.91. The number of halogens is 1. The molecule has 1 aromatic carbocycles. The summed E-state index contributed by atoms with van der Waals surface area (Å²) in [4.78, 5) is 11.7. The molecule has 1 aliphatic carbocycles. The zero-order valence-corrected chi connectivity index (χ0v) is 10.6. The number of fused-ring (bicyclic) bond motifs is 2. The lowest BCUT2D eigenvalue weighted by molar-refractivity contribution is 0.0599.